The fourth-order valence-electron chi connectivity index (χ4n) is 3.20. The summed E-state index contributed by atoms with van der Waals surface area (Å²) in [5, 5.41) is 22.9. The van der Waals surface area contributed by atoms with Crippen LogP contribution in [0.25, 0.3) is 0 Å². The first-order valence-corrected chi connectivity index (χ1v) is 12.7. The summed E-state index contributed by atoms with van der Waals surface area (Å²) in [4.78, 5) is 25.0. The van der Waals surface area contributed by atoms with Crippen LogP contribution in [0.3, 0.4) is 0 Å². The van der Waals surface area contributed by atoms with Gasteiger partial charge in [0.05, 0.1) is 17.6 Å². The van der Waals surface area contributed by atoms with Crippen LogP contribution in [0.15, 0.2) is 52.2 Å². The third kappa shape index (κ3) is 6.70. The van der Waals surface area contributed by atoms with Gasteiger partial charge >= 0.3 is 0 Å². The van der Waals surface area contributed by atoms with E-state index in [0.29, 0.717) is 12.2 Å². The standard InChI is InChI=1S/C21H26N6O4S2/c1-14(2)19(21(29)23-9-7-15-8-10-32-13-15)27-12-17(25-26-27)11-24-20(28)16-3-5-18(6-4-16)33(22,30)31/h3-6,8,10,12-14,19H,7,9,11H2,1-2H3,(H,23,29)(H,24,28)(H2,22,30,31)/t19-/m0/s1. The number of sulfonamides is 1. The van der Waals surface area contributed by atoms with Crippen LogP contribution in [0.2, 0.25) is 0 Å². The second-order valence-electron chi connectivity index (χ2n) is 7.80. The first-order valence-electron chi connectivity index (χ1n) is 10.3. The van der Waals surface area contributed by atoms with Crippen molar-refractivity contribution in [2.24, 2.45) is 11.1 Å². The lowest BCUT2D eigenvalue weighted by molar-refractivity contribution is -0.125. The van der Waals surface area contributed by atoms with E-state index in [-0.39, 0.29) is 28.8 Å². The second-order valence-corrected chi connectivity index (χ2v) is 10.1. The molecule has 2 amide bonds. The largest absolute Gasteiger partial charge is 0.354 e. The predicted octanol–water partition coefficient (Wildman–Crippen LogP) is 1.47. The minimum atomic E-state index is -3.82. The van der Waals surface area contributed by atoms with Crippen LogP contribution in [0.4, 0.5) is 0 Å². The molecule has 0 radical (unpaired) electrons. The van der Waals surface area contributed by atoms with Crippen molar-refractivity contribution in [3.63, 3.8) is 0 Å². The molecule has 0 spiro atoms. The number of amides is 2. The van der Waals surface area contributed by atoms with Crippen LogP contribution in [-0.4, -0.2) is 41.8 Å². The molecule has 0 bridgehead atoms. The zero-order chi connectivity index (χ0) is 24.0. The minimum Gasteiger partial charge on any atom is -0.354 e. The Morgan fingerprint density at radius 3 is 2.48 bits per heavy atom. The second kappa shape index (κ2) is 10.7. The number of nitrogens with zero attached hydrogens (tertiary/aromatic N) is 3. The molecule has 0 fully saturated rings. The quantitative estimate of drug-likeness (QED) is 0.392. The minimum absolute atomic E-state index is 0.0207. The Bertz CT molecular complexity index is 1190. The maximum Gasteiger partial charge on any atom is 0.251 e. The van der Waals surface area contributed by atoms with Crippen molar-refractivity contribution in [1.29, 1.82) is 0 Å². The molecule has 2 aromatic heterocycles. The van der Waals surface area contributed by atoms with Gasteiger partial charge in [-0.05, 0) is 59.0 Å². The third-order valence-electron chi connectivity index (χ3n) is 4.91. The number of nitrogens with one attached hydrogen (secondary N) is 2. The fourth-order valence-corrected chi connectivity index (χ4v) is 4.42. The van der Waals surface area contributed by atoms with Gasteiger partial charge in [0.25, 0.3) is 5.91 Å². The SMILES string of the molecule is CC(C)[C@@H](C(=O)NCCc1ccsc1)n1cc(CNC(=O)c2ccc(S(N)(=O)=O)cc2)nn1. The summed E-state index contributed by atoms with van der Waals surface area (Å²) in [5.74, 6) is -0.569. The van der Waals surface area contributed by atoms with Gasteiger partial charge in [0.15, 0.2) is 0 Å². The Labute approximate surface area is 196 Å². The number of thiophene rings is 1. The molecule has 3 aromatic rings. The lowest BCUT2D eigenvalue weighted by atomic mass is 10.0. The van der Waals surface area contributed by atoms with E-state index in [1.165, 1.54) is 34.5 Å². The van der Waals surface area contributed by atoms with E-state index in [1.54, 1.807) is 17.5 Å². The Morgan fingerprint density at radius 2 is 1.88 bits per heavy atom. The van der Waals surface area contributed by atoms with Crippen LogP contribution in [-0.2, 0) is 27.8 Å². The first kappa shape index (κ1) is 24.6. The maximum absolute atomic E-state index is 12.8. The summed E-state index contributed by atoms with van der Waals surface area (Å²) in [5.41, 5.74) is 1.94. The number of benzene rings is 1. The number of carbonyl (C=O) groups excluding carboxylic acids is 2. The number of carbonyl (C=O) groups is 2. The number of primary sulfonamides is 1. The molecule has 4 N–H and O–H groups in total. The average molecular weight is 491 g/mol. The van der Waals surface area contributed by atoms with Gasteiger partial charge in [-0.15, -0.1) is 5.10 Å². The molecule has 176 valence electrons. The van der Waals surface area contributed by atoms with Crippen molar-refractivity contribution in [3.05, 3.63) is 64.1 Å². The molecule has 0 aliphatic rings. The molecule has 3 rings (SSSR count). The molecule has 1 atom stereocenters. The number of hydrogen-bond donors (Lipinski definition) is 3. The Hall–Kier alpha value is -3.09. The summed E-state index contributed by atoms with van der Waals surface area (Å²) >= 11 is 1.62. The van der Waals surface area contributed by atoms with Crippen molar-refractivity contribution >= 4 is 33.2 Å². The molecular weight excluding hydrogens is 464 g/mol. The molecule has 0 unspecified atom stereocenters. The molecule has 0 aliphatic carbocycles. The zero-order valence-corrected chi connectivity index (χ0v) is 19.9. The van der Waals surface area contributed by atoms with Crippen LogP contribution in [0, 0.1) is 5.92 Å². The Kier molecular flexibility index (Phi) is 7.95. The van der Waals surface area contributed by atoms with E-state index >= 15 is 0 Å². The van der Waals surface area contributed by atoms with E-state index < -0.39 is 22.0 Å². The lowest BCUT2D eigenvalue weighted by Crippen LogP contribution is -2.36. The van der Waals surface area contributed by atoms with E-state index in [0.717, 1.165) is 6.42 Å². The highest BCUT2D eigenvalue weighted by atomic mass is 32.2. The fraction of sp³-hybridized carbons (Fsp3) is 0.333. The summed E-state index contributed by atoms with van der Waals surface area (Å²) in [6.07, 6.45) is 2.39. The van der Waals surface area contributed by atoms with E-state index in [4.69, 9.17) is 5.14 Å². The first-order chi connectivity index (χ1) is 15.6. The van der Waals surface area contributed by atoms with Gasteiger partial charge in [0.2, 0.25) is 15.9 Å². The molecule has 10 nitrogen and oxygen atoms in total. The van der Waals surface area contributed by atoms with E-state index in [1.807, 2.05) is 25.3 Å². The van der Waals surface area contributed by atoms with Gasteiger partial charge in [0, 0.05) is 12.1 Å². The van der Waals surface area contributed by atoms with Crippen LogP contribution in [0.5, 0.6) is 0 Å². The molecule has 0 aliphatic heterocycles. The smallest absolute Gasteiger partial charge is 0.251 e. The highest BCUT2D eigenvalue weighted by Gasteiger charge is 2.25. The number of nitrogens with two attached hydrogens (primary N) is 1. The van der Waals surface area contributed by atoms with Crippen molar-refractivity contribution in [2.45, 2.75) is 37.8 Å². The van der Waals surface area contributed by atoms with Crippen molar-refractivity contribution < 1.29 is 18.0 Å². The number of aromatic nitrogens is 3. The van der Waals surface area contributed by atoms with Gasteiger partial charge < -0.3 is 10.6 Å². The molecule has 33 heavy (non-hydrogen) atoms. The Morgan fingerprint density at radius 1 is 1.15 bits per heavy atom. The summed E-state index contributed by atoms with van der Waals surface area (Å²) in [7, 11) is -3.82. The van der Waals surface area contributed by atoms with Crippen LogP contribution in [0.1, 0.15) is 41.5 Å². The lowest BCUT2D eigenvalue weighted by Gasteiger charge is -2.20. The van der Waals surface area contributed by atoms with Crippen molar-refractivity contribution in [1.82, 2.24) is 25.6 Å². The topological polar surface area (TPSA) is 149 Å². The van der Waals surface area contributed by atoms with Gasteiger partial charge in [-0.25, -0.2) is 18.2 Å². The van der Waals surface area contributed by atoms with Crippen LogP contribution < -0.4 is 15.8 Å². The molecule has 0 saturated carbocycles. The van der Waals surface area contributed by atoms with Crippen molar-refractivity contribution in [2.75, 3.05) is 6.54 Å². The summed E-state index contributed by atoms with van der Waals surface area (Å²) in [6, 6.07) is 6.79. The summed E-state index contributed by atoms with van der Waals surface area (Å²) in [6.45, 7) is 4.48. The van der Waals surface area contributed by atoms with E-state index in [2.05, 4.69) is 26.3 Å². The maximum atomic E-state index is 12.8. The number of hydrogen-bond acceptors (Lipinski definition) is 7. The third-order valence-corrected chi connectivity index (χ3v) is 6.57. The average Bonchev–Trinajstić information content (AvgIpc) is 3.44. The Balaban J connectivity index is 1.57. The monoisotopic (exact) mass is 490 g/mol. The molecule has 0 saturated heterocycles. The molecule has 2 heterocycles. The van der Waals surface area contributed by atoms with Crippen LogP contribution >= 0.6 is 11.3 Å². The number of rotatable bonds is 10. The molecule has 1 aromatic carbocycles. The van der Waals surface area contributed by atoms with Gasteiger partial charge in [-0.2, -0.15) is 11.3 Å². The van der Waals surface area contributed by atoms with Crippen molar-refractivity contribution in [3.8, 4) is 0 Å². The zero-order valence-electron chi connectivity index (χ0n) is 18.3. The highest BCUT2D eigenvalue weighted by Crippen LogP contribution is 2.17. The highest BCUT2D eigenvalue weighted by molar-refractivity contribution is 7.89. The normalized spacial score (nSPS) is 12.5. The van der Waals surface area contributed by atoms with Gasteiger partial charge in [-0.3, -0.25) is 9.59 Å². The molecular formula is C21H26N6O4S2. The van der Waals surface area contributed by atoms with Gasteiger partial charge in [-0.1, -0.05) is 19.1 Å². The molecule has 12 heteroatoms. The predicted molar refractivity (Wildman–Crippen MR) is 124 cm³/mol. The van der Waals surface area contributed by atoms with Gasteiger partial charge in [0.1, 0.15) is 11.7 Å². The summed E-state index contributed by atoms with van der Waals surface area (Å²) < 4.78 is 24.1. The van der Waals surface area contributed by atoms with E-state index in [9.17, 15) is 18.0 Å².